The SMILES string of the molecule is CC=CC=C1C(C)(C)[C@@H]2CC[C@]1(C)O2. The van der Waals surface area contributed by atoms with Crippen LogP contribution < -0.4 is 0 Å². The van der Waals surface area contributed by atoms with Crippen molar-refractivity contribution in [1.82, 2.24) is 0 Å². The highest BCUT2D eigenvalue weighted by Gasteiger charge is 2.56. The highest BCUT2D eigenvalue weighted by molar-refractivity contribution is 5.35. The summed E-state index contributed by atoms with van der Waals surface area (Å²) in [5.41, 5.74) is 1.72. The van der Waals surface area contributed by atoms with Crippen LogP contribution in [0.5, 0.6) is 0 Å². The molecule has 0 aliphatic carbocycles. The number of fused-ring (bicyclic) bond motifs is 2. The Hall–Kier alpha value is -0.560. The van der Waals surface area contributed by atoms with E-state index in [9.17, 15) is 0 Å². The van der Waals surface area contributed by atoms with Gasteiger partial charge in [0.15, 0.2) is 0 Å². The lowest BCUT2D eigenvalue weighted by atomic mass is 9.68. The van der Waals surface area contributed by atoms with Gasteiger partial charge in [-0.1, -0.05) is 32.1 Å². The molecule has 1 nitrogen and oxygen atoms in total. The number of ether oxygens (including phenoxy) is 1. The third-order valence-electron chi connectivity index (χ3n) is 3.81. The van der Waals surface area contributed by atoms with E-state index in [1.165, 1.54) is 18.4 Å². The number of rotatable bonds is 1. The lowest BCUT2D eigenvalue weighted by Gasteiger charge is -2.32. The van der Waals surface area contributed by atoms with Gasteiger partial charge in [-0.25, -0.2) is 0 Å². The maximum atomic E-state index is 6.08. The van der Waals surface area contributed by atoms with Crippen LogP contribution in [0.1, 0.15) is 40.5 Å². The predicted molar refractivity (Wildman–Crippen MR) is 59.2 cm³/mol. The van der Waals surface area contributed by atoms with E-state index in [0.717, 1.165) is 0 Å². The fourth-order valence-electron chi connectivity index (χ4n) is 2.98. The summed E-state index contributed by atoms with van der Waals surface area (Å²) in [7, 11) is 0. The van der Waals surface area contributed by atoms with Gasteiger partial charge in [0.05, 0.1) is 11.7 Å². The Morgan fingerprint density at radius 2 is 2.07 bits per heavy atom. The Morgan fingerprint density at radius 1 is 1.36 bits per heavy atom. The quantitative estimate of drug-likeness (QED) is 0.618. The van der Waals surface area contributed by atoms with Crippen LogP contribution in [0.25, 0.3) is 0 Å². The molecule has 2 fully saturated rings. The molecule has 0 radical (unpaired) electrons. The van der Waals surface area contributed by atoms with Gasteiger partial charge in [0.2, 0.25) is 0 Å². The molecule has 0 aromatic carbocycles. The minimum Gasteiger partial charge on any atom is -0.367 e. The van der Waals surface area contributed by atoms with Gasteiger partial charge in [0.1, 0.15) is 0 Å². The van der Waals surface area contributed by atoms with E-state index < -0.39 is 0 Å². The first kappa shape index (κ1) is 9.97. The molecular formula is C13H20O. The second-order valence-corrected chi connectivity index (χ2v) is 5.20. The number of allylic oxidation sites excluding steroid dienone is 3. The van der Waals surface area contributed by atoms with Crippen molar-refractivity contribution in [1.29, 1.82) is 0 Å². The van der Waals surface area contributed by atoms with Crippen LogP contribution in [0.15, 0.2) is 23.8 Å². The zero-order chi connectivity index (χ0) is 10.4. The summed E-state index contributed by atoms with van der Waals surface area (Å²) >= 11 is 0. The third-order valence-corrected chi connectivity index (χ3v) is 3.81. The number of hydrogen-bond donors (Lipinski definition) is 0. The smallest absolute Gasteiger partial charge is 0.0877 e. The lowest BCUT2D eigenvalue weighted by molar-refractivity contribution is 0.0232. The van der Waals surface area contributed by atoms with Crippen molar-refractivity contribution in [2.24, 2.45) is 5.41 Å². The van der Waals surface area contributed by atoms with E-state index >= 15 is 0 Å². The van der Waals surface area contributed by atoms with E-state index in [2.05, 4.69) is 45.9 Å². The second-order valence-electron chi connectivity index (χ2n) is 5.20. The molecule has 0 spiro atoms. The molecule has 0 saturated carbocycles. The van der Waals surface area contributed by atoms with Crippen molar-refractivity contribution in [3.63, 3.8) is 0 Å². The van der Waals surface area contributed by atoms with E-state index in [4.69, 9.17) is 4.74 Å². The zero-order valence-electron chi connectivity index (χ0n) is 9.63. The fourth-order valence-corrected chi connectivity index (χ4v) is 2.98. The first-order valence-electron chi connectivity index (χ1n) is 5.52. The largest absolute Gasteiger partial charge is 0.367 e. The second kappa shape index (κ2) is 2.96. The average Bonchev–Trinajstić information content (AvgIpc) is 2.55. The molecular weight excluding hydrogens is 172 g/mol. The van der Waals surface area contributed by atoms with Crippen LogP contribution in [-0.4, -0.2) is 11.7 Å². The minimum absolute atomic E-state index is 0.0215. The van der Waals surface area contributed by atoms with Gasteiger partial charge in [0.25, 0.3) is 0 Å². The minimum atomic E-state index is 0.0215. The van der Waals surface area contributed by atoms with Crippen molar-refractivity contribution < 1.29 is 4.74 Å². The standard InChI is InChI=1S/C13H20O/c1-5-6-7-10-12(2,3)11-8-9-13(10,4)14-11/h5-7,11H,8-9H2,1-4H3/t11-,13-/m0/s1. The third kappa shape index (κ3) is 1.18. The van der Waals surface area contributed by atoms with E-state index in [1.807, 2.05) is 0 Å². The molecule has 2 aliphatic rings. The molecule has 0 aromatic heterocycles. The van der Waals surface area contributed by atoms with Crippen LogP contribution in [0.3, 0.4) is 0 Å². The topological polar surface area (TPSA) is 9.23 Å². The molecule has 2 rings (SSSR count). The lowest BCUT2D eigenvalue weighted by Crippen LogP contribution is -2.32. The van der Waals surface area contributed by atoms with Crippen molar-refractivity contribution in [3.8, 4) is 0 Å². The van der Waals surface area contributed by atoms with E-state index in [1.54, 1.807) is 0 Å². The average molecular weight is 192 g/mol. The van der Waals surface area contributed by atoms with Crippen LogP contribution >= 0.6 is 0 Å². The molecule has 0 unspecified atom stereocenters. The first-order valence-corrected chi connectivity index (χ1v) is 5.52. The normalized spacial score (nSPS) is 42.9. The van der Waals surface area contributed by atoms with Gasteiger partial charge in [-0.15, -0.1) is 0 Å². The highest BCUT2D eigenvalue weighted by atomic mass is 16.5. The Morgan fingerprint density at radius 3 is 2.57 bits per heavy atom. The molecule has 2 aliphatic heterocycles. The van der Waals surface area contributed by atoms with Crippen molar-refractivity contribution in [2.75, 3.05) is 0 Å². The van der Waals surface area contributed by atoms with Crippen molar-refractivity contribution in [2.45, 2.75) is 52.2 Å². The molecule has 2 saturated heterocycles. The summed E-state index contributed by atoms with van der Waals surface area (Å²) in [6, 6.07) is 0. The monoisotopic (exact) mass is 192 g/mol. The van der Waals surface area contributed by atoms with E-state index in [-0.39, 0.29) is 11.0 Å². The summed E-state index contributed by atoms with van der Waals surface area (Å²) in [5.74, 6) is 0. The van der Waals surface area contributed by atoms with Crippen molar-refractivity contribution >= 4 is 0 Å². The van der Waals surface area contributed by atoms with E-state index in [0.29, 0.717) is 6.10 Å². The van der Waals surface area contributed by atoms with Gasteiger partial charge in [0, 0.05) is 5.41 Å². The van der Waals surface area contributed by atoms with Crippen LogP contribution in [-0.2, 0) is 4.74 Å². The molecule has 0 amide bonds. The van der Waals surface area contributed by atoms with Gasteiger partial charge >= 0.3 is 0 Å². The molecule has 14 heavy (non-hydrogen) atoms. The fraction of sp³-hybridized carbons (Fsp3) is 0.692. The zero-order valence-corrected chi connectivity index (χ0v) is 9.63. The maximum Gasteiger partial charge on any atom is 0.0877 e. The molecule has 2 atom stereocenters. The molecule has 2 bridgehead atoms. The summed E-state index contributed by atoms with van der Waals surface area (Å²) in [4.78, 5) is 0. The molecule has 0 N–H and O–H groups in total. The Labute approximate surface area is 86.8 Å². The molecule has 1 heteroatoms. The number of hydrogen-bond acceptors (Lipinski definition) is 1. The Kier molecular flexibility index (Phi) is 2.11. The van der Waals surface area contributed by atoms with Crippen LogP contribution in [0, 0.1) is 5.41 Å². The van der Waals surface area contributed by atoms with Gasteiger partial charge in [-0.2, -0.15) is 0 Å². The summed E-state index contributed by atoms with van der Waals surface area (Å²) in [5, 5.41) is 0. The van der Waals surface area contributed by atoms with Gasteiger partial charge in [-0.05, 0) is 32.3 Å². The first-order chi connectivity index (χ1) is 6.50. The van der Waals surface area contributed by atoms with Crippen LogP contribution in [0.4, 0.5) is 0 Å². The summed E-state index contributed by atoms with van der Waals surface area (Å²) in [6.45, 7) is 8.90. The highest BCUT2D eigenvalue weighted by Crippen LogP contribution is 2.57. The van der Waals surface area contributed by atoms with Crippen LogP contribution in [0.2, 0.25) is 0 Å². The molecule has 2 heterocycles. The Balaban J connectivity index is 2.39. The maximum absolute atomic E-state index is 6.08. The molecule has 0 aromatic rings. The summed E-state index contributed by atoms with van der Waals surface area (Å²) in [6.07, 6.45) is 9.30. The molecule has 78 valence electrons. The van der Waals surface area contributed by atoms with Gasteiger partial charge < -0.3 is 4.74 Å². The van der Waals surface area contributed by atoms with Gasteiger partial charge in [-0.3, -0.25) is 0 Å². The Bertz CT molecular complexity index is 292. The predicted octanol–water partition coefficient (Wildman–Crippen LogP) is 3.47. The summed E-state index contributed by atoms with van der Waals surface area (Å²) < 4.78 is 6.08. The van der Waals surface area contributed by atoms with Crippen molar-refractivity contribution in [3.05, 3.63) is 23.8 Å².